The van der Waals surface area contributed by atoms with E-state index in [1.54, 1.807) is 49.4 Å². The number of hydrogen-bond acceptors (Lipinski definition) is 4. The molecule has 5 nitrogen and oxygen atoms in total. The van der Waals surface area contributed by atoms with Gasteiger partial charge >= 0.3 is 5.91 Å². The topological polar surface area (TPSA) is 66.8 Å². The van der Waals surface area contributed by atoms with Crippen LogP contribution in [0.5, 0.6) is 5.75 Å². The van der Waals surface area contributed by atoms with Crippen LogP contribution in [0.4, 0.5) is 5.69 Å². The molecule has 1 heterocycles. The largest absolute Gasteiger partial charge is 0.502 e. The van der Waals surface area contributed by atoms with Crippen LogP contribution in [-0.2, 0) is 9.59 Å². The van der Waals surface area contributed by atoms with Gasteiger partial charge in [-0.25, -0.2) is 4.90 Å². The fourth-order valence-electron chi connectivity index (χ4n) is 2.67. The summed E-state index contributed by atoms with van der Waals surface area (Å²) in [5, 5.41) is 10.7. The van der Waals surface area contributed by atoms with E-state index in [2.05, 4.69) is 0 Å². The quantitative estimate of drug-likeness (QED) is 0.866. The second kappa shape index (κ2) is 6.02. The lowest BCUT2D eigenvalue weighted by atomic mass is 10.0. The minimum atomic E-state index is -0.786. The number of anilines is 1. The first-order valence-electron chi connectivity index (χ1n) is 7.18. The van der Waals surface area contributed by atoms with Gasteiger partial charge in [0.15, 0.2) is 5.76 Å². The first-order chi connectivity index (χ1) is 11.5. The van der Waals surface area contributed by atoms with Crippen LogP contribution in [0.2, 0.25) is 5.02 Å². The second-order valence-corrected chi connectivity index (χ2v) is 5.66. The number of aliphatic hydroxyl groups is 1. The molecule has 24 heavy (non-hydrogen) atoms. The van der Waals surface area contributed by atoms with E-state index < -0.39 is 17.6 Å². The van der Waals surface area contributed by atoms with Crippen LogP contribution in [-0.4, -0.2) is 24.0 Å². The van der Waals surface area contributed by atoms with Crippen LogP contribution in [0.3, 0.4) is 0 Å². The van der Waals surface area contributed by atoms with Crippen molar-refractivity contribution in [3.8, 4) is 5.75 Å². The van der Waals surface area contributed by atoms with Crippen LogP contribution in [0.25, 0.3) is 5.57 Å². The average molecular weight is 344 g/mol. The van der Waals surface area contributed by atoms with Gasteiger partial charge in [0.1, 0.15) is 5.75 Å². The Balaban J connectivity index is 2.13. The SMILES string of the molecule is COc1ccccc1C1=C(O)C(=O)N(c2cccc(Cl)c2C)C1=O. The number of carbonyl (C=O) groups excluding carboxylic acids is 2. The summed E-state index contributed by atoms with van der Waals surface area (Å²) < 4.78 is 5.23. The number of methoxy groups -OCH3 is 1. The number of nitrogens with zero attached hydrogens (tertiary/aromatic N) is 1. The van der Waals surface area contributed by atoms with Crippen molar-refractivity contribution in [3.63, 3.8) is 0 Å². The molecule has 0 saturated heterocycles. The van der Waals surface area contributed by atoms with Crippen molar-refractivity contribution < 1.29 is 19.4 Å². The van der Waals surface area contributed by atoms with E-state index in [1.807, 2.05) is 0 Å². The van der Waals surface area contributed by atoms with Gasteiger partial charge in [0, 0.05) is 10.6 Å². The number of imide groups is 1. The molecule has 3 rings (SSSR count). The Bertz CT molecular complexity index is 888. The monoisotopic (exact) mass is 343 g/mol. The van der Waals surface area contributed by atoms with E-state index in [9.17, 15) is 14.7 Å². The summed E-state index contributed by atoms with van der Waals surface area (Å²) in [5.74, 6) is -1.62. The Morgan fingerprint density at radius 1 is 1.04 bits per heavy atom. The van der Waals surface area contributed by atoms with E-state index in [4.69, 9.17) is 16.3 Å². The lowest BCUT2D eigenvalue weighted by Gasteiger charge is -2.18. The summed E-state index contributed by atoms with van der Waals surface area (Å²) in [6.45, 7) is 1.70. The van der Waals surface area contributed by atoms with Gasteiger partial charge in [0.05, 0.1) is 18.4 Å². The molecule has 2 aromatic rings. The molecule has 0 radical (unpaired) electrons. The average Bonchev–Trinajstić information content (AvgIpc) is 2.80. The zero-order chi connectivity index (χ0) is 17.4. The van der Waals surface area contributed by atoms with E-state index in [1.165, 1.54) is 7.11 Å². The molecular formula is C18H14ClNO4. The van der Waals surface area contributed by atoms with Crippen LogP contribution in [0.1, 0.15) is 11.1 Å². The van der Waals surface area contributed by atoms with Gasteiger partial charge < -0.3 is 9.84 Å². The minimum Gasteiger partial charge on any atom is -0.502 e. The third-order valence-corrected chi connectivity index (χ3v) is 4.33. The number of para-hydroxylation sites is 1. The third-order valence-electron chi connectivity index (χ3n) is 3.92. The van der Waals surface area contributed by atoms with Crippen molar-refractivity contribution in [2.24, 2.45) is 0 Å². The maximum Gasteiger partial charge on any atom is 0.301 e. The van der Waals surface area contributed by atoms with E-state index in [0.29, 0.717) is 27.6 Å². The number of carbonyl (C=O) groups is 2. The highest BCUT2D eigenvalue weighted by Gasteiger charge is 2.41. The lowest BCUT2D eigenvalue weighted by Crippen LogP contribution is -2.32. The molecule has 2 aromatic carbocycles. The van der Waals surface area contributed by atoms with E-state index >= 15 is 0 Å². The fourth-order valence-corrected chi connectivity index (χ4v) is 2.84. The predicted octanol–water partition coefficient (Wildman–Crippen LogP) is 3.50. The number of ether oxygens (including phenoxy) is 1. The summed E-state index contributed by atoms with van der Waals surface area (Å²) in [5.41, 5.74) is 1.19. The molecular weight excluding hydrogens is 330 g/mol. The fraction of sp³-hybridized carbons (Fsp3) is 0.111. The first kappa shape index (κ1) is 16.1. The van der Waals surface area contributed by atoms with Crippen LogP contribution in [0, 0.1) is 6.92 Å². The predicted molar refractivity (Wildman–Crippen MR) is 91.2 cm³/mol. The molecule has 0 saturated carbocycles. The van der Waals surface area contributed by atoms with Crippen molar-refractivity contribution >= 4 is 34.7 Å². The summed E-state index contributed by atoms with van der Waals surface area (Å²) in [7, 11) is 1.45. The Morgan fingerprint density at radius 2 is 1.75 bits per heavy atom. The molecule has 1 aliphatic heterocycles. The molecule has 0 aromatic heterocycles. The third kappa shape index (κ3) is 2.34. The molecule has 0 atom stereocenters. The van der Waals surface area contributed by atoms with E-state index in [0.717, 1.165) is 4.90 Å². The van der Waals surface area contributed by atoms with Gasteiger partial charge in [-0.3, -0.25) is 9.59 Å². The summed E-state index contributed by atoms with van der Waals surface area (Å²) >= 11 is 6.08. The molecule has 0 fully saturated rings. The molecule has 0 unspecified atom stereocenters. The molecule has 122 valence electrons. The molecule has 2 amide bonds. The smallest absolute Gasteiger partial charge is 0.301 e. The highest BCUT2D eigenvalue weighted by molar-refractivity contribution is 6.45. The number of amides is 2. The Hall–Kier alpha value is -2.79. The van der Waals surface area contributed by atoms with Gasteiger partial charge in [-0.05, 0) is 30.7 Å². The Kier molecular flexibility index (Phi) is 4.03. The van der Waals surface area contributed by atoms with Crippen LogP contribution >= 0.6 is 11.6 Å². The molecule has 0 spiro atoms. The number of halogens is 1. The number of hydrogen-bond donors (Lipinski definition) is 1. The minimum absolute atomic E-state index is 0.0863. The summed E-state index contributed by atoms with van der Waals surface area (Å²) in [6, 6.07) is 11.6. The zero-order valence-electron chi connectivity index (χ0n) is 13.0. The molecule has 6 heteroatoms. The Labute approximate surface area is 143 Å². The number of rotatable bonds is 3. The molecule has 0 aliphatic carbocycles. The summed E-state index contributed by atoms with van der Waals surface area (Å²) in [6.07, 6.45) is 0. The van der Waals surface area contributed by atoms with Crippen LogP contribution < -0.4 is 9.64 Å². The maximum absolute atomic E-state index is 12.8. The van der Waals surface area contributed by atoms with Crippen LogP contribution in [0.15, 0.2) is 48.2 Å². The Morgan fingerprint density at radius 3 is 2.46 bits per heavy atom. The lowest BCUT2D eigenvalue weighted by molar-refractivity contribution is -0.121. The standard InChI is InChI=1S/C18H14ClNO4/c1-10-12(19)7-5-8-13(10)20-17(22)15(16(21)18(20)23)11-6-3-4-9-14(11)24-2/h3-9,21H,1-2H3. The van der Waals surface area contributed by atoms with Crippen molar-refractivity contribution in [2.45, 2.75) is 6.92 Å². The van der Waals surface area contributed by atoms with Gasteiger partial charge in [-0.15, -0.1) is 0 Å². The molecule has 1 aliphatic rings. The van der Waals surface area contributed by atoms with E-state index in [-0.39, 0.29) is 5.57 Å². The van der Waals surface area contributed by atoms with Gasteiger partial charge in [0.25, 0.3) is 5.91 Å². The van der Waals surface area contributed by atoms with Crippen molar-refractivity contribution in [2.75, 3.05) is 12.0 Å². The maximum atomic E-state index is 12.8. The molecule has 0 bridgehead atoms. The van der Waals surface area contributed by atoms with Crippen molar-refractivity contribution in [1.82, 2.24) is 0 Å². The highest BCUT2D eigenvalue weighted by atomic mass is 35.5. The number of aliphatic hydroxyl groups excluding tert-OH is 1. The summed E-state index contributed by atoms with van der Waals surface area (Å²) in [4.78, 5) is 26.3. The normalized spacial score (nSPS) is 14.5. The van der Waals surface area contributed by atoms with Gasteiger partial charge in [0.2, 0.25) is 0 Å². The van der Waals surface area contributed by atoms with Crippen molar-refractivity contribution in [1.29, 1.82) is 0 Å². The second-order valence-electron chi connectivity index (χ2n) is 5.25. The van der Waals surface area contributed by atoms with Gasteiger partial charge in [-0.1, -0.05) is 35.9 Å². The first-order valence-corrected chi connectivity index (χ1v) is 7.55. The highest BCUT2D eigenvalue weighted by Crippen LogP contribution is 2.37. The van der Waals surface area contributed by atoms with Crippen molar-refractivity contribution in [3.05, 3.63) is 64.4 Å². The number of benzene rings is 2. The molecule has 1 N–H and O–H groups in total. The van der Waals surface area contributed by atoms with Gasteiger partial charge in [-0.2, -0.15) is 0 Å². The zero-order valence-corrected chi connectivity index (χ0v) is 13.8.